The van der Waals surface area contributed by atoms with Gasteiger partial charge in [0.05, 0.1) is 5.69 Å². The highest BCUT2D eigenvalue weighted by Gasteiger charge is 2.22. The lowest BCUT2D eigenvalue weighted by Gasteiger charge is -2.36. The molecule has 2 aliphatic rings. The molecule has 116 valence electrons. The fourth-order valence-corrected chi connectivity index (χ4v) is 3.80. The average molecular weight is 290 g/mol. The number of halogens is 1. The Morgan fingerprint density at radius 1 is 1.05 bits per heavy atom. The van der Waals surface area contributed by atoms with E-state index in [1.165, 1.54) is 38.5 Å². The van der Waals surface area contributed by atoms with Crippen LogP contribution < -0.4 is 10.2 Å². The maximum absolute atomic E-state index is 13.9. The predicted molar refractivity (Wildman–Crippen MR) is 86.2 cm³/mol. The summed E-state index contributed by atoms with van der Waals surface area (Å²) in [5.74, 6) is 0.771. The fourth-order valence-electron chi connectivity index (χ4n) is 3.80. The lowest BCUT2D eigenvalue weighted by atomic mass is 9.89. The summed E-state index contributed by atoms with van der Waals surface area (Å²) in [7, 11) is 0. The highest BCUT2D eigenvalue weighted by atomic mass is 19.1. The average Bonchev–Trinajstić information content (AvgIpc) is 2.55. The number of anilines is 1. The molecule has 2 fully saturated rings. The first-order valence-electron chi connectivity index (χ1n) is 8.56. The van der Waals surface area contributed by atoms with Gasteiger partial charge in [-0.25, -0.2) is 4.39 Å². The molecular formula is C18H27FN2. The molecule has 0 aromatic heterocycles. The first-order chi connectivity index (χ1) is 10.3. The molecule has 1 aliphatic heterocycles. The molecule has 1 N–H and O–H groups in total. The van der Waals surface area contributed by atoms with Crippen molar-refractivity contribution >= 4 is 5.69 Å². The van der Waals surface area contributed by atoms with Crippen LogP contribution in [0.5, 0.6) is 0 Å². The van der Waals surface area contributed by atoms with Crippen LogP contribution in [0.2, 0.25) is 0 Å². The van der Waals surface area contributed by atoms with Crippen LogP contribution in [-0.2, 0) is 0 Å². The van der Waals surface area contributed by atoms with Crippen LogP contribution >= 0.6 is 0 Å². The van der Waals surface area contributed by atoms with Gasteiger partial charge in [-0.15, -0.1) is 0 Å². The van der Waals surface area contributed by atoms with Crippen LogP contribution in [0, 0.1) is 11.7 Å². The Hall–Kier alpha value is -1.09. The molecule has 0 amide bonds. The Labute approximate surface area is 127 Å². The summed E-state index contributed by atoms with van der Waals surface area (Å²) in [5, 5.41) is 3.75. The summed E-state index contributed by atoms with van der Waals surface area (Å²) in [5.41, 5.74) is 0.765. The molecule has 1 aromatic carbocycles. The SMILES string of the molecule is Fc1ccccc1N1CCCC(NCC2CCCCC2)C1. The topological polar surface area (TPSA) is 15.3 Å². The van der Waals surface area contributed by atoms with Gasteiger partial charge in [0.2, 0.25) is 0 Å². The van der Waals surface area contributed by atoms with Gasteiger partial charge in [-0.3, -0.25) is 0 Å². The van der Waals surface area contributed by atoms with E-state index in [9.17, 15) is 4.39 Å². The van der Waals surface area contributed by atoms with E-state index >= 15 is 0 Å². The zero-order valence-corrected chi connectivity index (χ0v) is 12.9. The molecule has 3 rings (SSSR count). The van der Waals surface area contributed by atoms with Crippen LogP contribution in [0.4, 0.5) is 10.1 Å². The maximum atomic E-state index is 13.9. The minimum Gasteiger partial charge on any atom is -0.368 e. The van der Waals surface area contributed by atoms with E-state index in [1.54, 1.807) is 12.1 Å². The van der Waals surface area contributed by atoms with Crippen molar-refractivity contribution in [2.75, 3.05) is 24.5 Å². The molecule has 3 heteroatoms. The monoisotopic (exact) mass is 290 g/mol. The van der Waals surface area contributed by atoms with Crippen molar-refractivity contribution in [1.29, 1.82) is 0 Å². The van der Waals surface area contributed by atoms with Crippen molar-refractivity contribution in [3.63, 3.8) is 0 Å². The Morgan fingerprint density at radius 3 is 2.67 bits per heavy atom. The van der Waals surface area contributed by atoms with Crippen LogP contribution in [-0.4, -0.2) is 25.7 Å². The van der Waals surface area contributed by atoms with Crippen molar-refractivity contribution < 1.29 is 4.39 Å². The summed E-state index contributed by atoms with van der Waals surface area (Å²) < 4.78 is 13.9. The molecule has 1 aliphatic carbocycles. The van der Waals surface area contributed by atoms with Crippen molar-refractivity contribution in [3.05, 3.63) is 30.1 Å². The van der Waals surface area contributed by atoms with Crippen molar-refractivity contribution in [2.24, 2.45) is 5.92 Å². The second-order valence-electron chi connectivity index (χ2n) is 6.65. The van der Waals surface area contributed by atoms with Crippen molar-refractivity contribution in [1.82, 2.24) is 5.32 Å². The van der Waals surface area contributed by atoms with E-state index in [0.717, 1.165) is 37.7 Å². The van der Waals surface area contributed by atoms with Gasteiger partial charge < -0.3 is 10.2 Å². The molecule has 0 radical (unpaired) electrons. The molecule has 0 bridgehead atoms. The van der Waals surface area contributed by atoms with Gasteiger partial charge in [-0.1, -0.05) is 31.4 Å². The number of nitrogens with one attached hydrogen (secondary N) is 1. The highest BCUT2D eigenvalue weighted by Crippen LogP contribution is 2.25. The molecular weight excluding hydrogens is 263 g/mol. The summed E-state index contributed by atoms with van der Waals surface area (Å²) in [4.78, 5) is 2.21. The number of benzene rings is 1. The summed E-state index contributed by atoms with van der Waals surface area (Å²) in [6.45, 7) is 3.06. The van der Waals surface area contributed by atoms with E-state index in [4.69, 9.17) is 0 Å². The fraction of sp³-hybridized carbons (Fsp3) is 0.667. The van der Waals surface area contributed by atoms with Crippen molar-refractivity contribution in [2.45, 2.75) is 51.0 Å². The molecule has 21 heavy (non-hydrogen) atoms. The Kier molecular flexibility index (Phi) is 5.13. The second kappa shape index (κ2) is 7.26. The summed E-state index contributed by atoms with van der Waals surface area (Å²) in [6.07, 6.45) is 9.36. The maximum Gasteiger partial charge on any atom is 0.146 e. The zero-order valence-electron chi connectivity index (χ0n) is 12.9. The third kappa shape index (κ3) is 3.97. The Bertz CT molecular complexity index is 443. The highest BCUT2D eigenvalue weighted by molar-refractivity contribution is 5.48. The minimum atomic E-state index is -0.0922. The second-order valence-corrected chi connectivity index (χ2v) is 6.65. The lowest BCUT2D eigenvalue weighted by Crippen LogP contribution is -2.47. The molecule has 1 heterocycles. The number of para-hydroxylation sites is 1. The van der Waals surface area contributed by atoms with Gasteiger partial charge in [0.25, 0.3) is 0 Å². The summed E-state index contributed by atoms with van der Waals surface area (Å²) >= 11 is 0. The standard InChI is InChI=1S/C18H27FN2/c19-17-10-4-5-11-18(17)21-12-6-9-16(14-21)20-13-15-7-2-1-3-8-15/h4-5,10-11,15-16,20H,1-3,6-9,12-14H2. The summed E-state index contributed by atoms with van der Waals surface area (Å²) in [6, 6.07) is 7.67. The zero-order chi connectivity index (χ0) is 14.5. The van der Waals surface area contributed by atoms with E-state index in [2.05, 4.69) is 10.2 Å². The Balaban J connectivity index is 1.52. The third-order valence-electron chi connectivity index (χ3n) is 5.03. The number of rotatable bonds is 4. The first-order valence-corrected chi connectivity index (χ1v) is 8.56. The van der Waals surface area contributed by atoms with Gasteiger partial charge >= 0.3 is 0 Å². The smallest absolute Gasteiger partial charge is 0.146 e. The quantitative estimate of drug-likeness (QED) is 0.903. The van der Waals surface area contributed by atoms with E-state index < -0.39 is 0 Å². The van der Waals surface area contributed by atoms with Gasteiger partial charge in [0.1, 0.15) is 5.82 Å². The van der Waals surface area contributed by atoms with Gasteiger partial charge in [0.15, 0.2) is 0 Å². The molecule has 1 aromatic rings. The molecule has 2 nitrogen and oxygen atoms in total. The number of hydrogen-bond donors (Lipinski definition) is 1. The van der Waals surface area contributed by atoms with Crippen LogP contribution in [0.3, 0.4) is 0 Å². The van der Waals surface area contributed by atoms with E-state index in [-0.39, 0.29) is 5.82 Å². The first kappa shape index (κ1) is 14.8. The van der Waals surface area contributed by atoms with Gasteiger partial charge in [0, 0.05) is 19.1 Å². The number of nitrogens with zero attached hydrogens (tertiary/aromatic N) is 1. The molecule has 1 saturated carbocycles. The normalized spacial score (nSPS) is 24.2. The van der Waals surface area contributed by atoms with Crippen LogP contribution in [0.25, 0.3) is 0 Å². The van der Waals surface area contributed by atoms with Gasteiger partial charge in [-0.05, 0) is 50.3 Å². The molecule has 1 unspecified atom stereocenters. The molecule has 1 saturated heterocycles. The lowest BCUT2D eigenvalue weighted by molar-refractivity contribution is 0.314. The van der Waals surface area contributed by atoms with E-state index in [0.29, 0.717) is 6.04 Å². The van der Waals surface area contributed by atoms with Crippen molar-refractivity contribution in [3.8, 4) is 0 Å². The third-order valence-corrected chi connectivity index (χ3v) is 5.03. The van der Waals surface area contributed by atoms with Crippen LogP contribution in [0.1, 0.15) is 44.9 Å². The van der Waals surface area contributed by atoms with Gasteiger partial charge in [-0.2, -0.15) is 0 Å². The van der Waals surface area contributed by atoms with Crippen LogP contribution in [0.15, 0.2) is 24.3 Å². The molecule has 0 spiro atoms. The minimum absolute atomic E-state index is 0.0922. The predicted octanol–water partition coefficient (Wildman–Crippen LogP) is 3.96. The number of piperidine rings is 1. The van der Waals surface area contributed by atoms with E-state index in [1.807, 2.05) is 12.1 Å². The number of hydrogen-bond acceptors (Lipinski definition) is 2. The Morgan fingerprint density at radius 2 is 1.86 bits per heavy atom. The largest absolute Gasteiger partial charge is 0.368 e. The molecule has 1 atom stereocenters.